The SMILES string of the molecule is c1ccc(-c2cc3n(n2)Cc2ccc(NC4CCC4)cc2OC3)cc1. The van der Waals surface area contributed by atoms with Crippen molar-refractivity contribution >= 4 is 5.69 Å². The van der Waals surface area contributed by atoms with E-state index in [2.05, 4.69) is 46.4 Å². The minimum absolute atomic E-state index is 0.555. The molecule has 0 saturated heterocycles. The molecule has 126 valence electrons. The van der Waals surface area contributed by atoms with E-state index in [1.165, 1.54) is 24.8 Å². The van der Waals surface area contributed by atoms with E-state index in [9.17, 15) is 0 Å². The van der Waals surface area contributed by atoms with E-state index in [1.54, 1.807) is 0 Å². The van der Waals surface area contributed by atoms with Crippen molar-refractivity contribution < 1.29 is 4.74 Å². The summed E-state index contributed by atoms with van der Waals surface area (Å²) in [7, 11) is 0. The van der Waals surface area contributed by atoms with Gasteiger partial charge in [-0.3, -0.25) is 4.68 Å². The van der Waals surface area contributed by atoms with Crippen molar-refractivity contribution in [3.05, 3.63) is 65.9 Å². The van der Waals surface area contributed by atoms with E-state index < -0.39 is 0 Å². The lowest BCUT2D eigenvalue weighted by Crippen LogP contribution is -2.26. The van der Waals surface area contributed by atoms with Crippen LogP contribution in [0.5, 0.6) is 5.75 Å². The number of rotatable bonds is 3. The highest BCUT2D eigenvalue weighted by Gasteiger charge is 2.20. The van der Waals surface area contributed by atoms with E-state index in [-0.39, 0.29) is 0 Å². The maximum atomic E-state index is 6.10. The molecule has 2 aromatic carbocycles. The summed E-state index contributed by atoms with van der Waals surface area (Å²) in [4.78, 5) is 0. The third kappa shape index (κ3) is 2.78. The molecule has 2 heterocycles. The lowest BCUT2D eigenvalue weighted by molar-refractivity contribution is 0.302. The van der Waals surface area contributed by atoms with Gasteiger partial charge in [0.1, 0.15) is 12.4 Å². The Morgan fingerprint density at radius 1 is 1.04 bits per heavy atom. The van der Waals surface area contributed by atoms with E-state index >= 15 is 0 Å². The van der Waals surface area contributed by atoms with E-state index in [4.69, 9.17) is 9.84 Å². The number of benzene rings is 2. The molecular weight excluding hydrogens is 310 g/mol. The first-order valence-electron chi connectivity index (χ1n) is 8.99. The molecule has 0 spiro atoms. The molecule has 4 heteroatoms. The maximum Gasteiger partial charge on any atom is 0.130 e. The van der Waals surface area contributed by atoms with Crippen LogP contribution in [0.25, 0.3) is 11.3 Å². The topological polar surface area (TPSA) is 39.1 Å². The van der Waals surface area contributed by atoms with Gasteiger partial charge in [-0.05, 0) is 31.4 Å². The Morgan fingerprint density at radius 3 is 2.72 bits per heavy atom. The maximum absolute atomic E-state index is 6.10. The molecule has 0 bridgehead atoms. The van der Waals surface area contributed by atoms with Gasteiger partial charge in [-0.1, -0.05) is 36.4 Å². The van der Waals surface area contributed by atoms with Gasteiger partial charge in [0.15, 0.2) is 0 Å². The number of fused-ring (bicyclic) bond motifs is 2. The molecule has 1 fully saturated rings. The number of hydrogen-bond donors (Lipinski definition) is 1. The Bertz CT molecular complexity index is 897. The molecule has 0 atom stereocenters. The number of nitrogens with zero attached hydrogens (tertiary/aromatic N) is 2. The lowest BCUT2D eigenvalue weighted by atomic mass is 9.93. The first kappa shape index (κ1) is 14.6. The second-order valence-corrected chi connectivity index (χ2v) is 6.93. The Balaban J connectivity index is 1.41. The molecule has 4 nitrogen and oxygen atoms in total. The minimum atomic E-state index is 0.555. The quantitative estimate of drug-likeness (QED) is 0.770. The Kier molecular flexibility index (Phi) is 3.47. The minimum Gasteiger partial charge on any atom is -0.487 e. The monoisotopic (exact) mass is 331 g/mol. The summed E-state index contributed by atoms with van der Waals surface area (Å²) in [5, 5.41) is 8.39. The molecule has 1 aliphatic heterocycles. The predicted molar refractivity (Wildman–Crippen MR) is 98.8 cm³/mol. The Morgan fingerprint density at radius 2 is 1.92 bits per heavy atom. The molecule has 5 rings (SSSR count). The summed E-state index contributed by atoms with van der Waals surface area (Å²) < 4.78 is 8.16. The van der Waals surface area contributed by atoms with Crippen molar-refractivity contribution in [2.75, 3.05) is 5.32 Å². The first-order valence-corrected chi connectivity index (χ1v) is 8.99. The van der Waals surface area contributed by atoms with Crippen molar-refractivity contribution in [1.82, 2.24) is 9.78 Å². The van der Waals surface area contributed by atoms with Gasteiger partial charge < -0.3 is 10.1 Å². The van der Waals surface area contributed by atoms with Crippen LogP contribution in [-0.4, -0.2) is 15.8 Å². The zero-order valence-electron chi connectivity index (χ0n) is 14.1. The Labute approximate surface area is 147 Å². The third-order valence-electron chi connectivity index (χ3n) is 5.17. The smallest absolute Gasteiger partial charge is 0.130 e. The number of nitrogens with one attached hydrogen (secondary N) is 1. The van der Waals surface area contributed by atoms with E-state index in [0.717, 1.165) is 34.9 Å². The summed E-state index contributed by atoms with van der Waals surface area (Å²) in [6.45, 7) is 1.31. The van der Waals surface area contributed by atoms with Crippen molar-refractivity contribution in [2.45, 2.75) is 38.5 Å². The van der Waals surface area contributed by atoms with Gasteiger partial charge in [0.2, 0.25) is 0 Å². The van der Waals surface area contributed by atoms with Crippen LogP contribution < -0.4 is 10.1 Å². The van der Waals surface area contributed by atoms with Crippen LogP contribution in [0.3, 0.4) is 0 Å². The first-order chi connectivity index (χ1) is 12.3. The highest BCUT2D eigenvalue weighted by Crippen LogP contribution is 2.31. The molecule has 25 heavy (non-hydrogen) atoms. The summed E-state index contributed by atoms with van der Waals surface area (Å²) >= 11 is 0. The van der Waals surface area contributed by atoms with Crippen LogP contribution in [0.1, 0.15) is 30.5 Å². The molecule has 0 amide bonds. The van der Waals surface area contributed by atoms with Crippen LogP contribution in [0.15, 0.2) is 54.6 Å². The summed E-state index contributed by atoms with van der Waals surface area (Å²) in [5.41, 5.74) is 5.60. The molecule has 0 radical (unpaired) electrons. The van der Waals surface area contributed by atoms with Crippen LogP contribution in [0, 0.1) is 0 Å². The highest BCUT2D eigenvalue weighted by atomic mass is 16.5. The molecule has 0 unspecified atom stereocenters. The van der Waals surface area contributed by atoms with Crippen molar-refractivity contribution in [3.8, 4) is 17.0 Å². The average Bonchev–Trinajstić information content (AvgIpc) is 2.94. The summed E-state index contributed by atoms with van der Waals surface area (Å²) in [6, 6.07) is 19.5. The van der Waals surface area contributed by atoms with Gasteiger partial charge in [0, 0.05) is 28.9 Å². The van der Waals surface area contributed by atoms with E-state index in [0.29, 0.717) is 12.6 Å². The average molecular weight is 331 g/mol. The fraction of sp³-hybridized carbons (Fsp3) is 0.286. The van der Waals surface area contributed by atoms with E-state index in [1.807, 2.05) is 18.2 Å². The third-order valence-corrected chi connectivity index (χ3v) is 5.17. The van der Waals surface area contributed by atoms with Gasteiger partial charge in [0.05, 0.1) is 17.9 Å². The summed E-state index contributed by atoms with van der Waals surface area (Å²) in [6.07, 6.45) is 3.88. The molecular formula is C21H21N3O. The second-order valence-electron chi connectivity index (χ2n) is 6.93. The fourth-order valence-electron chi connectivity index (χ4n) is 3.47. The van der Waals surface area contributed by atoms with Gasteiger partial charge >= 0.3 is 0 Å². The van der Waals surface area contributed by atoms with Gasteiger partial charge in [-0.2, -0.15) is 5.10 Å². The van der Waals surface area contributed by atoms with Gasteiger partial charge in [0.25, 0.3) is 0 Å². The van der Waals surface area contributed by atoms with Crippen molar-refractivity contribution in [1.29, 1.82) is 0 Å². The summed E-state index contributed by atoms with van der Waals surface area (Å²) in [5.74, 6) is 0.969. The lowest BCUT2D eigenvalue weighted by Gasteiger charge is -2.27. The zero-order chi connectivity index (χ0) is 16.6. The number of ether oxygens (including phenoxy) is 1. The second kappa shape index (κ2) is 5.96. The zero-order valence-corrected chi connectivity index (χ0v) is 14.1. The fourth-order valence-corrected chi connectivity index (χ4v) is 3.47. The van der Waals surface area contributed by atoms with Gasteiger partial charge in [-0.15, -0.1) is 0 Å². The number of aromatic nitrogens is 2. The van der Waals surface area contributed by atoms with Crippen LogP contribution in [0.2, 0.25) is 0 Å². The number of anilines is 1. The number of hydrogen-bond acceptors (Lipinski definition) is 3. The highest BCUT2D eigenvalue weighted by molar-refractivity contribution is 5.59. The van der Waals surface area contributed by atoms with Crippen molar-refractivity contribution in [3.63, 3.8) is 0 Å². The molecule has 3 aromatic rings. The molecule has 2 aliphatic rings. The molecule has 1 saturated carbocycles. The molecule has 1 aromatic heterocycles. The molecule has 1 aliphatic carbocycles. The molecule has 1 N–H and O–H groups in total. The largest absolute Gasteiger partial charge is 0.487 e. The standard InChI is InChI=1S/C21H21N3O/c1-2-5-15(6-3-1)20-12-19-14-25-21-11-18(22-17-7-4-8-17)10-9-16(21)13-24(19)23-20/h1-3,5-6,9-12,17,22H,4,7-8,13-14H2. The Hall–Kier alpha value is -2.75. The normalized spacial score (nSPS) is 16.2. The van der Waals surface area contributed by atoms with Crippen LogP contribution in [-0.2, 0) is 13.2 Å². The van der Waals surface area contributed by atoms with Crippen LogP contribution in [0.4, 0.5) is 5.69 Å². The predicted octanol–water partition coefficient (Wildman–Crippen LogP) is 4.46. The van der Waals surface area contributed by atoms with Gasteiger partial charge in [-0.25, -0.2) is 0 Å². The van der Waals surface area contributed by atoms with Crippen molar-refractivity contribution in [2.24, 2.45) is 0 Å². The van der Waals surface area contributed by atoms with Crippen LogP contribution >= 0.6 is 0 Å².